The number of hydrogen-bond acceptors (Lipinski definition) is 4. The number of aromatic nitrogens is 2. The van der Waals surface area contributed by atoms with Crippen molar-refractivity contribution in [3.05, 3.63) is 53.3 Å². The second kappa shape index (κ2) is 7.60. The third-order valence-electron chi connectivity index (χ3n) is 4.80. The number of piperazine rings is 1. The molecule has 0 bridgehead atoms. The van der Waals surface area contributed by atoms with E-state index < -0.39 is 5.97 Å². The number of carbonyl (C=O) groups is 1. The molecule has 26 heavy (non-hydrogen) atoms. The van der Waals surface area contributed by atoms with Gasteiger partial charge in [-0.1, -0.05) is 12.1 Å². The molecular weight excluding hydrogens is 328 g/mol. The number of rotatable bonds is 5. The van der Waals surface area contributed by atoms with Crippen molar-refractivity contribution in [1.29, 1.82) is 0 Å². The Morgan fingerprint density at radius 2 is 1.54 bits per heavy atom. The molecule has 0 spiro atoms. The van der Waals surface area contributed by atoms with Crippen molar-refractivity contribution in [3.63, 3.8) is 0 Å². The maximum absolute atomic E-state index is 10.9. The normalized spacial score (nSPS) is 16.7. The molecule has 1 aliphatic heterocycles. The topological polar surface area (TPSA) is 61.6 Å². The Bertz CT molecular complexity index is 738. The monoisotopic (exact) mass is 356 g/mol. The molecule has 0 radical (unpaired) electrons. The Hall–Kier alpha value is -2.18. The van der Waals surface area contributed by atoms with E-state index in [2.05, 4.69) is 41.9 Å². The fourth-order valence-electron chi connectivity index (χ4n) is 3.18. The minimum atomic E-state index is -0.875. The number of aromatic carboxylic acids is 1. The van der Waals surface area contributed by atoms with Gasteiger partial charge < -0.3 is 5.11 Å². The summed E-state index contributed by atoms with van der Waals surface area (Å²) in [7, 11) is 0. The van der Waals surface area contributed by atoms with Crippen molar-refractivity contribution in [2.24, 2.45) is 0 Å². The molecule has 0 atom stereocenters. The van der Waals surface area contributed by atoms with Crippen LogP contribution in [0.3, 0.4) is 0 Å². The summed E-state index contributed by atoms with van der Waals surface area (Å²) in [5.41, 5.74) is 2.79. The number of hydrogen-bond donors (Lipinski definition) is 1. The van der Waals surface area contributed by atoms with Crippen LogP contribution in [0, 0.1) is 0 Å². The smallest absolute Gasteiger partial charge is 0.335 e. The average Bonchev–Trinajstić information content (AvgIpc) is 3.06. The highest BCUT2D eigenvalue weighted by atomic mass is 16.4. The Morgan fingerprint density at radius 3 is 2.00 bits per heavy atom. The molecule has 0 aliphatic carbocycles. The average molecular weight is 356 g/mol. The van der Waals surface area contributed by atoms with E-state index in [4.69, 9.17) is 5.11 Å². The Kier molecular flexibility index (Phi) is 5.44. The molecule has 6 heteroatoms. The first-order chi connectivity index (χ1) is 12.3. The van der Waals surface area contributed by atoms with E-state index in [0.717, 1.165) is 44.8 Å². The summed E-state index contributed by atoms with van der Waals surface area (Å²) < 4.78 is 2.03. The standard InChI is InChI=1S/C20H28N4O2/c1-20(2,3)24-15-17(12-21-24)14-23-10-8-22(9-11-23)13-16-4-6-18(7-5-16)19(25)26/h4-7,12,15H,8-11,13-14H2,1-3H3,(H,25,26). The van der Waals surface area contributed by atoms with E-state index in [1.54, 1.807) is 12.1 Å². The van der Waals surface area contributed by atoms with Crippen molar-refractivity contribution in [3.8, 4) is 0 Å². The third-order valence-corrected chi connectivity index (χ3v) is 4.80. The molecule has 1 aromatic carbocycles. The largest absolute Gasteiger partial charge is 0.478 e. The van der Waals surface area contributed by atoms with Gasteiger partial charge in [-0.15, -0.1) is 0 Å². The van der Waals surface area contributed by atoms with E-state index in [-0.39, 0.29) is 5.54 Å². The van der Waals surface area contributed by atoms with Crippen molar-refractivity contribution < 1.29 is 9.90 Å². The van der Waals surface area contributed by atoms with Gasteiger partial charge in [0.15, 0.2) is 0 Å². The van der Waals surface area contributed by atoms with Crippen molar-refractivity contribution in [2.45, 2.75) is 39.4 Å². The lowest BCUT2D eigenvalue weighted by Crippen LogP contribution is -2.45. The van der Waals surface area contributed by atoms with Crippen molar-refractivity contribution in [1.82, 2.24) is 19.6 Å². The highest BCUT2D eigenvalue weighted by Gasteiger charge is 2.19. The van der Waals surface area contributed by atoms with E-state index in [1.807, 2.05) is 23.0 Å². The molecule has 0 amide bonds. The lowest BCUT2D eigenvalue weighted by Gasteiger charge is -2.34. The molecule has 2 aromatic rings. The summed E-state index contributed by atoms with van der Waals surface area (Å²) in [5.74, 6) is -0.875. The molecule has 3 rings (SSSR count). The molecule has 1 N–H and O–H groups in total. The predicted molar refractivity (Wildman–Crippen MR) is 101 cm³/mol. The second-order valence-electron chi connectivity index (χ2n) is 8.02. The lowest BCUT2D eigenvalue weighted by atomic mass is 10.1. The van der Waals surface area contributed by atoms with Gasteiger partial charge in [0, 0.05) is 51.0 Å². The molecule has 1 saturated heterocycles. The van der Waals surface area contributed by atoms with Crippen LogP contribution in [0.25, 0.3) is 0 Å². The van der Waals surface area contributed by atoms with Crippen molar-refractivity contribution >= 4 is 5.97 Å². The predicted octanol–water partition coefficient (Wildman–Crippen LogP) is 2.65. The number of benzene rings is 1. The summed E-state index contributed by atoms with van der Waals surface area (Å²) in [6.07, 6.45) is 4.12. The molecule has 1 aromatic heterocycles. The zero-order valence-corrected chi connectivity index (χ0v) is 15.9. The molecule has 0 saturated carbocycles. The van der Waals surface area contributed by atoms with Crippen LogP contribution in [0.5, 0.6) is 0 Å². The molecule has 1 fully saturated rings. The quantitative estimate of drug-likeness (QED) is 0.892. The van der Waals surface area contributed by atoms with Crippen LogP contribution in [-0.4, -0.2) is 56.8 Å². The summed E-state index contributed by atoms with van der Waals surface area (Å²) in [4.78, 5) is 15.8. The maximum Gasteiger partial charge on any atom is 0.335 e. The molecule has 1 aliphatic rings. The molecule has 6 nitrogen and oxygen atoms in total. The van der Waals surface area contributed by atoms with Crippen LogP contribution in [0.2, 0.25) is 0 Å². The number of carboxylic acid groups (broad SMARTS) is 1. The Labute approximate surface area is 155 Å². The van der Waals surface area contributed by atoms with Gasteiger partial charge in [-0.2, -0.15) is 5.10 Å². The van der Waals surface area contributed by atoms with Gasteiger partial charge in [0.1, 0.15) is 0 Å². The third kappa shape index (κ3) is 4.71. The summed E-state index contributed by atoms with van der Waals surface area (Å²) >= 11 is 0. The minimum Gasteiger partial charge on any atom is -0.478 e. The minimum absolute atomic E-state index is 0.0210. The van der Waals surface area contributed by atoms with Crippen LogP contribution in [0.1, 0.15) is 42.3 Å². The van der Waals surface area contributed by atoms with E-state index >= 15 is 0 Å². The summed E-state index contributed by atoms with van der Waals surface area (Å²) in [6.45, 7) is 12.4. The SMILES string of the molecule is CC(C)(C)n1cc(CN2CCN(Cc3ccc(C(=O)O)cc3)CC2)cn1. The van der Waals surface area contributed by atoms with E-state index in [0.29, 0.717) is 5.56 Å². The van der Waals surface area contributed by atoms with E-state index in [1.165, 1.54) is 5.56 Å². The number of carboxylic acids is 1. The first-order valence-electron chi connectivity index (χ1n) is 9.12. The van der Waals surface area contributed by atoms with Gasteiger partial charge in [-0.25, -0.2) is 4.79 Å². The molecule has 0 unspecified atom stereocenters. The lowest BCUT2D eigenvalue weighted by molar-refractivity contribution is 0.0697. The zero-order chi connectivity index (χ0) is 18.7. The van der Waals surface area contributed by atoms with Crippen LogP contribution >= 0.6 is 0 Å². The Balaban J connectivity index is 1.48. The van der Waals surface area contributed by atoms with Crippen LogP contribution in [-0.2, 0) is 18.6 Å². The van der Waals surface area contributed by atoms with Gasteiger partial charge in [0.05, 0.1) is 17.3 Å². The first-order valence-corrected chi connectivity index (χ1v) is 9.12. The Morgan fingerprint density at radius 1 is 1.00 bits per heavy atom. The summed E-state index contributed by atoms with van der Waals surface area (Å²) in [6, 6.07) is 7.19. The van der Waals surface area contributed by atoms with Gasteiger partial charge in [-0.3, -0.25) is 14.5 Å². The van der Waals surface area contributed by atoms with Crippen LogP contribution < -0.4 is 0 Å². The zero-order valence-electron chi connectivity index (χ0n) is 15.9. The molecular formula is C20H28N4O2. The van der Waals surface area contributed by atoms with Gasteiger partial charge in [0.25, 0.3) is 0 Å². The van der Waals surface area contributed by atoms with Gasteiger partial charge in [0.2, 0.25) is 0 Å². The molecule has 140 valence electrons. The number of nitrogens with zero attached hydrogens (tertiary/aromatic N) is 4. The van der Waals surface area contributed by atoms with E-state index in [9.17, 15) is 4.79 Å². The fraction of sp³-hybridized carbons (Fsp3) is 0.500. The van der Waals surface area contributed by atoms with Gasteiger partial charge in [-0.05, 0) is 38.5 Å². The highest BCUT2D eigenvalue weighted by molar-refractivity contribution is 5.87. The first kappa shape index (κ1) is 18.6. The maximum atomic E-state index is 10.9. The van der Waals surface area contributed by atoms with Crippen LogP contribution in [0.4, 0.5) is 0 Å². The van der Waals surface area contributed by atoms with Gasteiger partial charge >= 0.3 is 5.97 Å². The highest BCUT2D eigenvalue weighted by Crippen LogP contribution is 2.16. The fourth-order valence-corrected chi connectivity index (χ4v) is 3.18. The second-order valence-corrected chi connectivity index (χ2v) is 8.02. The van der Waals surface area contributed by atoms with Crippen molar-refractivity contribution in [2.75, 3.05) is 26.2 Å². The van der Waals surface area contributed by atoms with Crippen LogP contribution in [0.15, 0.2) is 36.7 Å². The summed E-state index contributed by atoms with van der Waals surface area (Å²) in [5, 5.41) is 13.5. The molecule has 2 heterocycles.